The predicted molar refractivity (Wildman–Crippen MR) is 91.9 cm³/mol. The first-order chi connectivity index (χ1) is 12.0. The van der Waals surface area contributed by atoms with Crippen molar-refractivity contribution in [2.45, 2.75) is 32.9 Å². The molecule has 0 fully saturated rings. The number of primary amides is 1. The normalized spacial score (nSPS) is 12.9. The van der Waals surface area contributed by atoms with E-state index in [9.17, 15) is 34.9 Å². The molecule has 0 heterocycles. The predicted octanol–water partition coefficient (Wildman–Crippen LogP) is 1.31. The average molecular weight is 369 g/mol. The van der Waals surface area contributed by atoms with Gasteiger partial charge in [-0.15, -0.1) is 0 Å². The molecule has 12 heteroatoms. The van der Waals surface area contributed by atoms with Gasteiger partial charge in [-0.25, -0.2) is 4.79 Å². The van der Waals surface area contributed by atoms with Gasteiger partial charge in [0.25, 0.3) is 5.69 Å². The van der Waals surface area contributed by atoms with Crippen molar-refractivity contribution in [3.63, 3.8) is 0 Å². The second kappa shape index (κ2) is 8.09. The number of hydrogen-bond donors (Lipinski definition) is 4. The van der Waals surface area contributed by atoms with Crippen molar-refractivity contribution in [1.82, 2.24) is 0 Å². The number of carbonyl (C=O) groups is 2. The van der Waals surface area contributed by atoms with Crippen molar-refractivity contribution in [2.75, 3.05) is 10.6 Å². The van der Waals surface area contributed by atoms with Crippen LogP contribution in [-0.4, -0.2) is 38.9 Å². The number of nitrogens with two attached hydrogens (primary N) is 1. The van der Waals surface area contributed by atoms with Crippen LogP contribution in [0.5, 0.6) is 0 Å². The zero-order chi connectivity index (χ0) is 20.2. The van der Waals surface area contributed by atoms with E-state index in [2.05, 4.69) is 10.6 Å². The topological polar surface area (TPSA) is 191 Å². The number of nitro groups is 2. The van der Waals surface area contributed by atoms with Crippen LogP contribution in [0.4, 0.5) is 22.7 Å². The lowest BCUT2D eigenvalue weighted by Crippen LogP contribution is -2.36. The minimum Gasteiger partial charge on any atom is -0.480 e. The standard InChI is InChI=1S/C14H19N5O7/c1-6(2)11(14(21)22)17-9-4-8(18(23)24)5-10(19(25)26)12(9)16-7(3)13(15)20/h4-7,11,16-17H,1-3H3,(H2,15,20)(H,21,22)/t7-,11-/m0/s1. The summed E-state index contributed by atoms with van der Waals surface area (Å²) in [6.07, 6.45) is 0. The van der Waals surface area contributed by atoms with Gasteiger partial charge in [0.15, 0.2) is 0 Å². The smallest absolute Gasteiger partial charge is 0.326 e. The van der Waals surface area contributed by atoms with Gasteiger partial charge in [-0.1, -0.05) is 13.8 Å². The number of non-ortho nitro benzene ring substituents is 1. The molecular weight excluding hydrogens is 350 g/mol. The van der Waals surface area contributed by atoms with E-state index >= 15 is 0 Å². The lowest BCUT2D eigenvalue weighted by molar-refractivity contribution is -0.393. The summed E-state index contributed by atoms with van der Waals surface area (Å²) in [6, 6.07) is -0.549. The van der Waals surface area contributed by atoms with Gasteiger partial charge in [-0.2, -0.15) is 0 Å². The first kappa shape index (κ1) is 20.6. The molecule has 0 aliphatic rings. The number of anilines is 2. The summed E-state index contributed by atoms with van der Waals surface area (Å²) >= 11 is 0. The summed E-state index contributed by atoms with van der Waals surface area (Å²) in [6.45, 7) is 4.53. The second-order valence-electron chi connectivity index (χ2n) is 5.87. The highest BCUT2D eigenvalue weighted by atomic mass is 16.6. The molecule has 1 aromatic carbocycles. The minimum atomic E-state index is -1.25. The Balaban J connectivity index is 3.60. The van der Waals surface area contributed by atoms with Crippen LogP contribution < -0.4 is 16.4 Å². The Morgan fingerprint density at radius 3 is 2.08 bits per heavy atom. The number of nitrogens with one attached hydrogen (secondary N) is 2. The number of carboxylic acid groups (broad SMARTS) is 1. The Labute approximate surface area is 147 Å². The number of carbonyl (C=O) groups excluding carboxylic acids is 1. The molecule has 1 amide bonds. The molecule has 0 spiro atoms. The second-order valence-corrected chi connectivity index (χ2v) is 5.87. The molecule has 0 aliphatic carbocycles. The van der Waals surface area contributed by atoms with Gasteiger partial charge >= 0.3 is 11.7 Å². The lowest BCUT2D eigenvalue weighted by atomic mass is 10.0. The van der Waals surface area contributed by atoms with Gasteiger partial charge in [0.1, 0.15) is 17.8 Å². The molecule has 2 atom stereocenters. The maximum atomic E-state index is 11.4. The summed E-state index contributed by atoms with van der Waals surface area (Å²) in [5.74, 6) is -2.50. The molecule has 1 rings (SSSR count). The average Bonchev–Trinajstić information content (AvgIpc) is 2.51. The minimum absolute atomic E-state index is 0.194. The Morgan fingerprint density at radius 1 is 1.12 bits per heavy atom. The molecule has 0 aromatic heterocycles. The van der Waals surface area contributed by atoms with Crippen LogP contribution in [0.1, 0.15) is 20.8 Å². The van der Waals surface area contributed by atoms with Crippen molar-refractivity contribution in [2.24, 2.45) is 11.7 Å². The van der Waals surface area contributed by atoms with Crippen molar-refractivity contribution >= 4 is 34.6 Å². The Morgan fingerprint density at radius 2 is 1.69 bits per heavy atom. The molecule has 0 bridgehead atoms. The number of hydrogen-bond acceptors (Lipinski definition) is 8. The van der Waals surface area contributed by atoms with E-state index in [-0.39, 0.29) is 11.4 Å². The number of amides is 1. The fourth-order valence-corrected chi connectivity index (χ4v) is 2.10. The molecule has 12 nitrogen and oxygen atoms in total. The molecule has 0 saturated heterocycles. The Hall–Kier alpha value is -3.44. The fraction of sp³-hybridized carbons (Fsp3) is 0.429. The molecule has 142 valence electrons. The van der Waals surface area contributed by atoms with Crippen LogP contribution in [0.2, 0.25) is 0 Å². The van der Waals surface area contributed by atoms with E-state index < -0.39 is 51.1 Å². The highest BCUT2D eigenvalue weighted by molar-refractivity contribution is 5.90. The summed E-state index contributed by atoms with van der Waals surface area (Å²) in [5.41, 5.74) is 3.38. The monoisotopic (exact) mass is 369 g/mol. The third-order valence-electron chi connectivity index (χ3n) is 3.54. The van der Waals surface area contributed by atoms with Gasteiger partial charge in [0.05, 0.1) is 21.6 Å². The van der Waals surface area contributed by atoms with Crippen LogP contribution in [0.25, 0.3) is 0 Å². The zero-order valence-electron chi connectivity index (χ0n) is 14.3. The summed E-state index contributed by atoms with van der Waals surface area (Å²) in [4.78, 5) is 43.4. The first-order valence-corrected chi connectivity index (χ1v) is 7.47. The third-order valence-corrected chi connectivity index (χ3v) is 3.54. The number of carboxylic acids is 1. The summed E-state index contributed by atoms with van der Waals surface area (Å²) in [5, 5.41) is 36.8. The first-order valence-electron chi connectivity index (χ1n) is 7.47. The van der Waals surface area contributed by atoms with Crippen LogP contribution in [0, 0.1) is 26.1 Å². The molecular formula is C14H19N5O7. The number of nitrogens with zero attached hydrogens (tertiary/aromatic N) is 2. The van der Waals surface area contributed by atoms with Gasteiger partial charge in [-0.3, -0.25) is 25.0 Å². The van der Waals surface area contributed by atoms with Crippen molar-refractivity contribution in [3.8, 4) is 0 Å². The van der Waals surface area contributed by atoms with Crippen molar-refractivity contribution < 1.29 is 24.5 Å². The number of rotatable bonds is 9. The fourth-order valence-electron chi connectivity index (χ4n) is 2.10. The highest BCUT2D eigenvalue weighted by Crippen LogP contribution is 2.38. The molecule has 0 aliphatic heterocycles. The van der Waals surface area contributed by atoms with Gasteiger partial charge < -0.3 is 21.5 Å². The largest absolute Gasteiger partial charge is 0.480 e. The third kappa shape index (κ3) is 4.78. The molecule has 5 N–H and O–H groups in total. The Bertz CT molecular complexity index is 749. The SMILES string of the molecule is CC(C)[C@H](Nc1cc([N+](=O)[O-])cc([N+](=O)[O-])c1N[C@@H](C)C(N)=O)C(=O)O. The number of nitro benzene ring substituents is 2. The summed E-state index contributed by atoms with van der Waals surface area (Å²) in [7, 11) is 0. The molecule has 0 radical (unpaired) electrons. The van der Waals surface area contributed by atoms with E-state index in [1.54, 1.807) is 13.8 Å². The van der Waals surface area contributed by atoms with Gasteiger partial charge in [0, 0.05) is 6.07 Å². The van der Waals surface area contributed by atoms with E-state index in [1.807, 2.05) is 0 Å². The highest BCUT2D eigenvalue weighted by Gasteiger charge is 2.29. The number of benzene rings is 1. The summed E-state index contributed by atoms with van der Waals surface area (Å²) < 4.78 is 0. The van der Waals surface area contributed by atoms with E-state index in [4.69, 9.17) is 5.73 Å². The van der Waals surface area contributed by atoms with Crippen LogP contribution in [0.15, 0.2) is 12.1 Å². The van der Waals surface area contributed by atoms with Crippen molar-refractivity contribution in [3.05, 3.63) is 32.4 Å². The maximum absolute atomic E-state index is 11.4. The quantitative estimate of drug-likeness (QED) is 0.367. The molecule has 0 saturated carbocycles. The molecule has 26 heavy (non-hydrogen) atoms. The van der Waals surface area contributed by atoms with E-state index in [0.29, 0.717) is 6.07 Å². The van der Waals surface area contributed by atoms with E-state index in [1.165, 1.54) is 6.92 Å². The van der Waals surface area contributed by atoms with E-state index in [0.717, 1.165) is 6.07 Å². The van der Waals surface area contributed by atoms with Crippen LogP contribution >= 0.6 is 0 Å². The Kier molecular flexibility index (Phi) is 6.41. The zero-order valence-corrected chi connectivity index (χ0v) is 14.3. The van der Waals surface area contributed by atoms with Gasteiger partial charge in [-0.05, 0) is 12.8 Å². The van der Waals surface area contributed by atoms with Crippen LogP contribution in [0.3, 0.4) is 0 Å². The molecule has 0 unspecified atom stereocenters. The van der Waals surface area contributed by atoms with Crippen molar-refractivity contribution in [1.29, 1.82) is 0 Å². The number of aliphatic carboxylic acids is 1. The maximum Gasteiger partial charge on any atom is 0.326 e. The molecule has 1 aromatic rings. The van der Waals surface area contributed by atoms with Gasteiger partial charge in [0.2, 0.25) is 5.91 Å². The van der Waals surface area contributed by atoms with Crippen LogP contribution in [-0.2, 0) is 9.59 Å². The lowest BCUT2D eigenvalue weighted by Gasteiger charge is -2.22.